The van der Waals surface area contributed by atoms with Crippen LogP contribution in [0.4, 0.5) is 26.3 Å². The van der Waals surface area contributed by atoms with E-state index in [4.69, 9.17) is 16.3 Å². The van der Waals surface area contributed by atoms with Gasteiger partial charge in [0.05, 0.1) is 10.6 Å². The van der Waals surface area contributed by atoms with E-state index in [2.05, 4.69) is 0 Å². The Balaban J connectivity index is 2.79. The van der Waals surface area contributed by atoms with E-state index >= 15 is 0 Å². The summed E-state index contributed by atoms with van der Waals surface area (Å²) in [5, 5.41) is 0.242. The minimum absolute atomic E-state index is 0.00259. The molecule has 0 aliphatic heterocycles. The first kappa shape index (κ1) is 20.8. The zero-order chi connectivity index (χ0) is 19.7. The van der Waals surface area contributed by atoms with E-state index in [1.807, 2.05) is 0 Å². The molecule has 0 saturated carbocycles. The highest BCUT2D eigenvalue weighted by Gasteiger charge is 2.44. The molecular weight excluding hydrogens is 408 g/mol. The van der Waals surface area contributed by atoms with Gasteiger partial charge in [0.2, 0.25) is 0 Å². The predicted molar refractivity (Wildman–Crippen MR) is 84.0 cm³/mol. The van der Waals surface area contributed by atoms with Crippen molar-refractivity contribution in [3.8, 4) is 11.3 Å². The third-order valence-corrected chi connectivity index (χ3v) is 4.69. The highest BCUT2D eigenvalue weighted by Crippen LogP contribution is 2.41. The van der Waals surface area contributed by atoms with Gasteiger partial charge >= 0.3 is 11.7 Å². The molecule has 0 bridgehead atoms. The summed E-state index contributed by atoms with van der Waals surface area (Å²) in [7, 11) is -3.66. The van der Waals surface area contributed by atoms with Crippen molar-refractivity contribution in [3.05, 3.63) is 41.0 Å². The Kier molecular flexibility index (Phi) is 6.09. The first-order valence-corrected chi connectivity index (χ1v) is 8.62. The third-order valence-electron chi connectivity index (χ3n) is 3.30. The normalized spacial score (nSPS) is 13.8. The summed E-state index contributed by atoms with van der Waals surface area (Å²) >= 11 is 5.72. The number of nitrogens with zero attached hydrogens (tertiary/aromatic N) is 1. The average Bonchev–Trinajstić information content (AvgIpc) is 2.91. The van der Waals surface area contributed by atoms with Gasteiger partial charge in [0.15, 0.2) is 10.8 Å². The van der Waals surface area contributed by atoms with Gasteiger partial charge in [-0.3, -0.25) is 0 Å². The summed E-state index contributed by atoms with van der Waals surface area (Å²) in [5.41, 5.74) is -7.10. The molecule has 2 aromatic rings. The van der Waals surface area contributed by atoms with Crippen LogP contribution in [0.15, 0.2) is 35.2 Å². The number of hydrogen-bond acceptors (Lipinski definition) is 2. The zero-order valence-electron chi connectivity index (χ0n) is 13.1. The maximum Gasteiger partial charge on any atom is 0.475 e. The Hall–Kier alpha value is -1.52. The molecule has 11 heteroatoms. The summed E-state index contributed by atoms with van der Waals surface area (Å²) < 4.78 is 96.2. The third kappa shape index (κ3) is 4.41. The van der Waals surface area contributed by atoms with Crippen LogP contribution in [0.25, 0.3) is 11.3 Å². The van der Waals surface area contributed by atoms with Gasteiger partial charge < -0.3 is 9.30 Å². The summed E-state index contributed by atoms with van der Waals surface area (Å²) in [4.78, 5) is -0.994. The van der Waals surface area contributed by atoms with Gasteiger partial charge in [-0.05, 0) is 30.7 Å². The molecule has 0 aliphatic carbocycles. The van der Waals surface area contributed by atoms with Crippen LogP contribution in [0.2, 0.25) is 5.02 Å². The second-order valence-corrected chi connectivity index (χ2v) is 6.89. The Bertz CT molecular complexity index is 798. The molecule has 0 spiro atoms. The fraction of sp³-hybridized carbons (Fsp3) is 0.333. The van der Waals surface area contributed by atoms with Gasteiger partial charge in [0.25, 0.3) is 0 Å². The maximum atomic E-state index is 13.3. The predicted octanol–water partition coefficient (Wildman–Crippen LogP) is 5.45. The standard InChI is InChI=1S/C15H12ClF6NO2S/c1-2-25-8-23-12(14(17,18)19)7-11(26(24)15(20,21)22)13(23)9-3-5-10(16)6-4-9/h3-7H,2,8H2,1H3. The van der Waals surface area contributed by atoms with Gasteiger partial charge in [-0.1, -0.05) is 23.7 Å². The number of aromatic nitrogens is 1. The Morgan fingerprint density at radius 3 is 2.15 bits per heavy atom. The monoisotopic (exact) mass is 419 g/mol. The van der Waals surface area contributed by atoms with E-state index in [1.165, 1.54) is 31.2 Å². The van der Waals surface area contributed by atoms with Crippen LogP contribution in [-0.2, 0) is 28.4 Å². The second kappa shape index (κ2) is 7.61. The molecule has 26 heavy (non-hydrogen) atoms. The average molecular weight is 420 g/mol. The molecule has 3 nitrogen and oxygen atoms in total. The quantitative estimate of drug-likeness (QED) is 0.603. The first-order valence-electron chi connectivity index (χ1n) is 7.09. The Morgan fingerprint density at radius 1 is 1.12 bits per heavy atom. The number of benzene rings is 1. The van der Waals surface area contributed by atoms with Crippen molar-refractivity contribution < 1.29 is 35.3 Å². The summed E-state index contributed by atoms with van der Waals surface area (Å²) in [5.74, 6) is 0. The number of ether oxygens (including phenoxy) is 1. The maximum absolute atomic E-state index is 13.3. The van der Waals surface area contributed by atoms with Crippen molar-refractivity contribution in [2.75, 3.05) is 6.61 Å². The lowest BCUT2D eigenvalue weighted by Gasteiger charge is -2.16. The lowest BCUT2D eigenvalue weighted by molar-refractivity contribution is -0.145. The Labute approximate surface area is 152 Å². The molecule has 2 rings (SSSR count). The van der Waals surface area contributed by atoms with Crippen molar-refractivity contribution in [2.45, 2.75) is 30.2 Å². The molecule has 0 aliphatic rings. The highest BCUT2D eigenvalue weighted by atomic mass is 35.5. The van der Waals surface area contributed by atoms with E-state index in [1.54, 1.807) is 0 Å². The molecule has 0 radical (unpaired) electrons. The largest absolute Gasteiger partial charge is 0.475 e. The molecule has 0 amide bonds. The molecule has 1 atom stereocenters. The fourth-order valence-electron chi connectivity index (χ4n) is 2.25. The van der Waals surface area contributed by atoms with E-state index in [0.29, 0.717) is 4.57 Å². The van der Waals surface area contributed by atoms with Crippen LogP contribution in [0.5, 0.6) is 0 Å². The lowest BCUT2D eigenvalue weighted by Crippen LogP contribution is -2.17. The highest BCUT2D eigenvalue weighted by molar-refractivity contribution is 7.86. The Morgan fingerprint density at radius 2 is 1.69 bits per heavy atom. The van der Waals surface area contributed by atoms with Crippen molar-refractivity contribution >= 4 is 22.4 Å². The minimum atomic E-state index is -5.22. The van der Waals surface area contributed by atoms with Gasteiger partial charge in [-0.2, -0.15) is 26.3 Å². The van der Waals surface area contributed by atoms with Crippen LogP contribution in [0.1, 0.15) is 12.6 Å². The molecule has 1 aromatic heterocycles. The molecule has 144 valence electrons. The molecular formula is C15H12ClF6NO2S. The van der Waals surface area contributed by atoms with Crippen LogP contribution < -0.4 is 0 Å². The minimum Gasteiger partial charge on any atom is -0.361 e. The van der Waals surface area contributed by atoms with Gasteiger partial charge in [-0.15, -0.1) is 0 Å². The first-order chi connectivity index (χ1) is 12.0. The van der Waals surface area contributed by atoms with Crippen molar-refractivity contribution in [2.24, 2.45) is 0 Å². The van der Waals surface area contributed by atoms with Crippen molar-refractivity contribution in [1.82, 2.24) is 4.57 Å². The van der Waals surface area contributed by atoms with E-state index in [0.717, 1.165) is 0 Å². The van der Waals surface area contributed by atoms with Crippen LogP contribution in [-0.4, -0.2) is 20.9 Å². The van der Waals surface area contributed by atoms with E-state index < -0.39 is 45.5 Å². The van der Waals surface area contributed by atoms with Gasteiger partial charge in [-0.25, -0.2) is 4.21 Å². The topological polar surface area (TPSA) is 31.2 Å². The molecule has 0 saturated heterocycles. The van der Waals surface area contributed by atoms with Crippen LogP contribution >= 0.6 is 11.6 Å². The number of rotatable bonds is 5. The number of hydrogen-bond donors (Lipinski definition) is 0. The van der Waals surface area contributed by atoms with E-state index in [-0.39, 0.29) is 23.3 Å². The SMILES string of the molecule is CCOCn1c(C(F)(F)F)cc(S(=O)C(F)(F)F)c1-c1ccc(Cl)cc1. The van der Waals surface area contributed by atoms with Gasteiger partial charge in [0, 0.05) is 11.6 Å². The second-order valence-electron chi connectivity index (χ2n) is 5.01. The fourth-order valence-corrected chi connectivity index (χ4v) is 3.24. The molecule has 0 N–H and O–H groups in total. The molecule has 1 aromatic carbocycles. The summed E-state index contributed by atoms with van der Waals surface area (Å²) in [6, 6.07) is 5.35. The lowest BCUT2D eigenvalue weighted by atomic mass is 10.1. The van der Waals surface area contributed by atoms with E-state index in [9.17, 15) is 30.6 Å². The van der Waals surface area contributed by atoms with Gasteiger partial charge in [0.1, 0.15) is 12.4 Å². The molecule has 0 fully saturated rings. The molecule has 1 unspecified atom stereocenters. The van der Waals surface area contributed by atoms with Crippen LogP contribution in [0, 0.1) is 0 Å². The summed E-state index contributed by atoms with van der Waals surface area (Å²) in [6.45, 7) is 0.902. The van der Waals surface area contributed by atoms with Crippen molar-refractivity contribution in [1.29, 1.82) is 0 Å². The smallest absolute Gasteiger partial charge is 0.361 e. The van der Waals surface area contributed by atoms with Crippen molar-refractivity contribution in [3.63, 3.8) is 0 Å². The number of alkyl halides is 6. The number of halogens is 7. The summed E-state index contributed by atoms with van der Waals surface area (Å²) in [6.07, 6.45) is -4.97. The molecule has 1 heterocycles. The zero-order valence-corrected chi connectivity index (χ0v) is 14.7. The van der Waals surface area contributed by atoms with Crippen LogP contribution in [0.3, 0.4) is 0 Å².